The van der Waals surface area contributed by atoms with Crippen LogP contribution in [0, 0.1) is 13.8 Å². The first kappa shape index (κ1) is 43.1. The molecule has 8 aromatic carbocycles. The molecule has 2 aliphatic carbocycles. The highest BCUT2D eigenvalue weighted by Gasteiger charge is 2.51. The summed E-state index contributed by atoms with van der Waals surface area (Å²) in [6.45, 7) is 25.9. The summed E-state index contributed by atoms with van der Waals surface area (Å²) in [7, 11) is 0. The van der Waals surface area contributed by atoms with Gasteiger partial charge in [0.25, 0.3) is 0 Å². The average molecular weight is 913 g/mol. The summed E-state index contributed by atoms with van der Waals surface area (Å²) in [5.41, 5.74) is 25.2. The van der Waals surface area contributed by atoms with Gasteiger partial charge in [0.15, 0.2) is 23.0 Å². The number of hydrogen-bond donors (Lipinski definition) is 0. The summed E-state index contributed by atoms with van der Waals surface area (Å²) in [4.78, 5) is 5.34. The van der Waals surface area contributed by atoms with Gasteiger partial charge in [-0.2, -0.15) is 0 Å². The van der Waals surface area contributed by atoms with E-state index in [-0.39, 0.29) is 28.5 Å². The van der Waals surface area contributed by atoms with Gasteiger partial charge in [0.1, 0.15) is 0 Å². The Kier molecular flexibility index (Phi) is 8.95. The quantitative estimate of drug-likeness (QED) is 0.165. The van der Waals surface area contributed by atoms with Gasteiger partial charge in [-0.15, -0.1) is 0 Å². The fourth-order valence-corrected chi connectivity index (χ4v) is 13.0. The van der Waals surface area contributed by atoms with Gasteiger partial charge in [0.2, 0.25) is 0 Å². The van der Waals surface area contributed by atoms with Crippen LogP contribution in [0.15, 0.2) is 146 Å². The van der Waals surface area contributed by atoms with Crippen LogP contribution >= 0.6 is 0 Å². The topological polar surface area (TPSA) is 24.9 Å². The summed E-state index contributed by atoms with van der Waals surface area (Å²) >= 11 is 0. The zero-order valence-electron chi connectivity index (χ0n) is 42.6. The average Bonchev–Trinajstić information content (AvgIpc) is 3.57. The van der Waals surface area contributed by atoms with Crippen LogP contribution in [0.2, 0.25) is 0 Å². The number of aryl methyl sites for hydroxylation is 2. The van der Waals surface area contributed by atoms with Crippen LogP contribution in [0.3, 0.4) is 0 Å². The lowest BCUT2D eigenvalue weighted by Crippen LogP contribution is -2.62. The molecule has 0 aromatic heterocycles. The van der Waals surface area contributed by atoms with Gasteiger partial charge in [-0.05, 0) is 158 Å². The SMILES string of the molecule is Cc1cc2c3c(c1)N(c1cc4c(cc1C)C(C)(C)CCC4(C)C)c1cc4c(cc1B3N(c1ccc(C(C)(C)C)cc1-c1ccccc1)c1c-2ccc2c1C(C)(C)c1ccccc1-2)Oc1ccccc1O4. The maximum Gasteiger partial charge on any atom is 0.333 e. The van der Waals surface area contributed by atoms with Crippen LogP contribution in [-0.4, -0.2) is 6.85 Å². The number of rotatable bonds is 3. The van der Waals surface area contributed by atoms with Crippen molar-refractivity contribution in [1.82, 2.24) is 0 Å². The van der Waals surface area contributed by atoms with Crippen LogP contribution in [0.1, 0.15) is 114 Å². The molecule has 0 N–H and O–H groups in total. The molecule has 346 valence electrons. The molecule has 0 amide bonds. The molecule has 3 heterocycles. The first-order valence-corrected chi connectivity index (χ1v) is 25.4. The molecule has 0 saturated carbocycles. The minimum Gasteiger partial charge on any atom is -0.450 e. The van der Waals surface area contributed by atoms with Gasteiger partial charge in [-0.25, -0.2) is 0 Å². The van der Waals surface area contributed by atoms with Gasteiger partial charge in [0.05, 0.1) is 0 Å². The third-order valence-electron chi connectivity index (χ3n) is 16.8. The number of hydrogen-bond acceptors (Lipinski definition) is 4. The third kappa shape index (κ3) is 6.09. The van der Waals surface area contributed by atoms with Gasteiger partial charge >= 0.3 is 6.85 Å². The Morgan fingerprint density at radius 1 is 0.500 bits per heavy atom. The molecule has 4 nitrogen and oxygen atoms in total. The Morgan fingerprint density at radius 2 is 1.14 bits per heavy atom. The molecule has 0 atom stereocenters. The van der Waals surface area contributed by atoms with Crippen LogP contribution in [0.4, 0.5) is 28.4 Å². The van der Waals surface area contributed by atoms with Crippen molar-refractivity contribution in [2.75, 3.05) is 9.71 Å². The van der Waals surface area contributed by atoms with Crippen molar-refractivity contribution in [3.05, 3.63) is 185 Å². The summed E-state index contributed by atoms with van der Waals surface area (Å²) in [5, 5.41) is 0. The van der Waals surface area contributed by atoms with E-state index in [1.807, 2.05) is 24.3 Å². The number of benzene rings is 8. The second kappa shape index (κ2) is 14.5. The first-order chi connectivity index (χ1) is 33.4. The Labute approximate surface area is 415 Å². The Morgan fingerprint density at radius 3 is 1.86 bits per heavy atom. The Balaban J connectivity index is 1.18. The van der Waals surface area contributed by atoms with Crippen molar-refractivity contribution in [3.63, 3.8) is 0 Å². The molecule has 0 spiro atoms. The smallest absolute Gasteiger partial charge is 0.333 e. The van der Waals surface area contributed by atoms with Gasteiger partial charge in [-0.1, -0.05) is 159 Å². The minimum absolute atomic E-state index is 0.0184. The van der Waals surface area contributed by atoms with E-state index < -0.39 is 0 Å². The number of nitrogens with zero attached hydrogens (tertiary/aromatic N) is 2. The van der Waals surface area contributed by atoms with Crippen molar-refractivity contribution in [2.24, 2.45) is 0 Å². The molecule has 5 heteroatoms. The number of anilines is 5. The summed E-state index contributed by atoms with van der Waals surface area (Å²) in [6.07, 6.45) is 2.30. The van der Waals surface area contributed by atoms with E-state index in [9.17, 15) is 0 Å². The largest absolute Gasteiger partial charge is 0.450 e. The number of fused-ring (bicyclic) bond motifs is 11. The maximum absolute atomic E-state index is 6.92. The molecule has 0 bridgehead atoms. The molecule has 0 saturated heterocycles. The summed E-state index contributed by atoms with van der Waals surface area (Å²) in [5.74, 6) is 2.89. The van der Waals surface area contributed by atoms with E-state index in [0.29, 0.717) is 0 Å². The van der Waals surface area contributed by atoms with E-state index in [2.05, 4.69) is 207 Å². The zero-order valence-corrected chi connectivity index (χ0v) is 42.6. The maximum atomic E-state index is 6.92. The molecule has 0 unspecified atom stereocenters. The van der Waals surface area contributed by atoms with Gasteiger partial charge in [-0.3, -0.25) is 0 Å². The highest BCUT2D eigenvalue weighted by molar-refractivity contribution is 6.93. The molecule has 8 aromatic rings. The van der Waals surface area contributed by atoms with Gasteiger partial charge < -0.3 is 19.2 Å². The van der Waals surface area contributed by atoms with E-state index in [4.69, 9.17) is 9.47 Å². The van der Waals surface area contributed by atoms with Crippen molar-refractivity contribution >= 4 is 46.2 Å². The number of para-hydroxylation sites is 2. The Bertz CT molecular complexity index is 3560. The van der Waals surface area contributed by atoms with Crippen molar-refractivity contribution < 1.29 is 9.47 Å². The molecule has 0 fully saturated rings. The first-order valence-electron chi connectivity index (χ1n) is 25.4. The van der Waals surface area contributed by atoms with Crippen molar-refractivity contribution in [3.8, 4) is 56.4 Å². The molecule has 5 aliphatic rings. The molecule has 0 radical (unpaired) electrons. The lowest BCUT2D eigenvalue weighted by molar-refractivity contribution is 0.332. The summed E-state index contributed by atoms with van der Waals surface area (Å²) in [6, 6.07) is 54.9. The summed E-state index contributed by atoms with van der Waals surface area (Å²) < 4.78 is 13.8. The van der Waals surface area contributed by atoms with E-state index in [0.717, 1.165) is 35.1 Å². The highest BCUT2D eigenvalue weighted by Crippen LogP contribution is 2.60. The van der Waals surface area contributed by atoms with E-state index in [1.54, 1.807) is 0 Å². The minimum atomic E-state index is -0.293. The van der Waals surface area contributed by atoms with E-state index in [1.165, 1.54) is 112 Å². The highest BCUT2D eigenvalue weighted by atomic mass is 16.6. The zero-order chi connectivity index (χ0) is 48.4. The molecule has 3 aliphatic heterocycles. The Hall–Kier alpha value is -6.98. The lowest BCUT2D eigenvalue weighted by atomic mass is 9.43. The predicted octanol–water partition coefficient (Wildman–Crippen LogP) is 16.5. The van der Waals surface area contributed by atoms with Crippen molar-refractivity contribution in [1.29, 1.82) is 0 Å². The fourth-order valence-electron chi connectivity index (χ4n) is 13.0. The predicted molar refractivity (Wildman–Crippen MR) is 293 cm³/mol. The van der Waals surface area contributed by atoms with Crippen LogP contribution < -0.4 is 30.1 Å². The second-order valence-corrected chi connectivity index (χ2v) is 23.7. The molecule has 70 heavy (non-hydrogen) atoms. The van der Waals surface area contributed by atoms with Crippen LogP contribution in [0.25, 0.3) is 33.4 Å². The molecular formula is C65H61BN2O2. The fraction of sp³-hybridized carbons (Fsp3) is 0.262. The van der Waals surface area contributed by atoms with E-state index >= 15 is 0 Å². The standard InChI is InChI=1S/C65H61BN2O2/c1-38-31-46-44-27-26-43-42-21-15-16-22-47(42)65(10,11)59(43)61(44)68(51-28-25-41(62(3,4)5)34-45(51)40-19-13-12-14-20-40)66-50-36-57-58(70-56-24-18-17-23-55(56)69-57)37-53(50)67(54(32-38)60(46)66)52-35-49-48(33-39(52)2)63(6,7)29-30-64(49,8)9/h12-28,31-37H,29-30H2,1-11H3. The van der Waals surface area contributed by atoms with Crippen LogP contribution in [-0.2, 0) is 21.7 Å². The van der Waals surface area contributed by atoms with Gasteiger partial charge in [0, 0.05) is 51.0 Å². The van der Waals surface area contributed by atoms with Crippen molar-refractivity contribution in [2.45, 2.75) is 111 Å². The number of ether oxygens (including phenoxy) is 2. The normalized spacial score (nSPS) is 16.9. The molecule has 13 rings (SSSR count). The second-order valence-electron chi connectivity index (χ2n) is 23.7. The monoisotopic (exact) mass is 912 g/mol. The molecular weight excluding hydrogens is 852 g/mol. The third-order valence-corrected chi connectivity index (χ3v) is 16.8. The lowest BCUT2D eigenvalue weighted by Gasteiger charge is -2.48. The van der Waals surface area contributed by atoms with Crippen LogP contribution in [0.5, 0.6) is 23.0 Å².